The summed E-state index contributed by atoms with van der Waals surface area (Å²) in [5.74, 6) is 1.70. The van der Waals surface area contributed by atoms with Gasteiger partial charge in [0.1, 0.15) is 12.4 Å². The summed E-state index contributed by atoms with van der Waals surface area (Å²) < 4.78 is 11.0. The molecule has 0 radical (unpaired) electrons. The fourth-order valence-corrected chi connectivity index (χ4v) is 2.12. The molecule has 0 bridgehead atoms. The van der Waals surface area contributed by atoms with Crippen LogP contribution >= 0.6 is 11.6 Å². The van der Waals surface area contributed by atoms with Crippen LogP contribution in [0.2, 0.25) is 5.02 Å². The molecule has 0 aromatic heterocycles. The SMILES string of the molecule is CCOCCCCNC(=NC)N(C)CCOc1ccc(Cl)cc1. The van der Waals surface area contributed by atoms with Crippen molar-refractivity contribution in [3.8, 4) is 5.75 Å². The number of aliphatic imine (C=N–C) groups is 1. The molecule has 1 N–H and O–H groups in total. The molecule has 0 saturated carbocycles. The number of guanidine groups is 1. The maximum Gasteiger partial charge on any atom is 0.193 e. The predicted molar refractivity (Wildman–Crippen MR) is 96.7 cm³/mol. The topological polar surface area (TPSA) is 46.1 Å². The van der Waals surface area contributed by atoms with E-state index in [0.29, 0.717) is 11.6 Å². The Kier molecular flexibility index (Phi) is 10.2. The molecule has 1 aromatic carbocycles. The van der Waals surface area contributed by atoms with Crippen LogP contribution in [0.4, 0.5) is 0 Å². The number of unbranched alkanes of at least 4 members (excludes halogenated alkanes) is 1. The van der Waals surface area contributed by atoms with Crippen LogP contribution in [-0.2, 0) is 4.74 Å². The van der Waals surface area contributed by atoms with Crippen LogP contribution in [0.1, 0.15) is 19.8 Å². The lowest BCUT2D eigenvalue weighted by Gasteiger charge is -2.22. The number of hydrogen-bond donors (Lipinski definition) is 1. The molecular weight excluding hydrogens is 314 g/mol. The lowest BCUT2D eigenvalue weighted by Crippen LogP contribution is -2.41. The van der Waals surface area contributed by atoms with E-state index in [0.717, 1.165) is 50.9 Å². The summed E-state index contributed by atoms with van der Waals surface area (Å²) in [7, 11) is 3.79. The molecule has 0 fully saturated rings. The second-order valence-electron chi connectivity index (χ2n) is 5.10. The van der Waals surface area contributed by atoms with Crippen molar-refractivity contribution in [2.45, 2.75) is 19.8 Å². The first-order valence-corrected chi connectivity index (χ1v) is 8.43. The second kappa shape index (κ2) is 12.0. The van der Waals surface area contributed by atoms with Crippen LogP contribution in [0.25, 0.3) is 0 Å². The van der Waals surface area contributed by atoms with Gasteiger partial charge in [0, 0.05) is 38.9 Å². The Morgan fingerprint density at radius 3 is 2.61 bits per heavy atom. The van der Waals surface area contributed by atoms with Crippen LogP contribution in [-0.4, -0.2) is 57.9 Å². The van der Waals surface area contributed by atoms with Gasteiger partial charge in [-0.2, -0.15) is 0 Å². The van der Waals surface area contributed by atoms with Gasteiger partial charge >= 0.3 is 0 Å². The minimum atomic E-state index is 0.586. The van der Waals surface area contributed by atoms with E-state index in [1.165, 1.54) is 0 Å². The van der Waals surface area contributed by atoms with Gasteiger partial charge in [0.2, 0.25) is 0 Å². The first-order chi connectivity index (χ1) is 11.2. The zero-order valence-corrected chi connectivity index (χ0v) is 15.1. The van der Waals surface area contributed by atoms with Crippen LogP contribution in [0, 0.1) is 0 Å². The summed E-state index contributed by atoms with van der Waals surface area (Å²) in [6.07, 6.45) is 2.12. The van der Waals surface area contributed by atoms with Gasteiger partial charge in [0.15, 0.2) is 5.96 Å². The third-order valence-corrected chi connectivity index (χ3v) is 3.54. The van der Waals surface area contributed by atoms with Gasteiger partial charge in [-0.3, -0.25) is 4.99 Å². The summed E-state index contributed by atoms with van der Waals surface area (Å²) in [6.45, 7) is 5.85. The average Bonchev–Trinajstić information content (AvgIpc) is 2.56. The molecule has 0 aliphatic heterocycles. The fourth-order valence-electron chi connectivity index (χ4n) is 2.00. The Hall–Kier alpha value is -1.46. The summed E-state index contributed by atoms with van der Waals surface area (Å²) in [5.41, 5.74) is 0. The first-order valence-electron chi connectivity index (χ1n) is 8.05. The summed E-state index contributed by atoms with van der Waals surface area (Å²) in [4.78, 5) is 6.34. The molecule has 23 heavy (non-hydrogen) atoms. The third-order valence-electron chi connectivity index (χ3n) is 3.29. The highest BCUT2D eigenvalue weighted by molar-refractivity contribution is 6.30. The number of halogens is 1. The summed E-state index contributed by atoms with van der Waals surface area (Å²) in [6, 6.07) is 7.38. The number of nitrogens with one attached hydrogen (secondary N) is 1. The van der Waals surface area contributed by atoms with E-state index in [2.05, 4.69) is 15.2 Å². The van der Waals surface area contributed by atoms with E-state index in [9.17, 15) is 0 Å². The van der Waals surface area contributed by atoms with Gasteiger partial charge in [0.05, 0.1) is 6.54 Å². The van der Waals surface area contributed by atoms with Gasteiger partial charge < -0.3 is 19.7 Å². The fraction of sp³-hybridized carbons (Fsp3) is 0.588. The lowest BCUT2D eigenvalue weighted by atomic mass is 10.3. The van der Waals surface area contributed by atoms with E-state index >= 15 is 0 Å². The largest absolute Gasteiger partial charge is 0.492 e. The molecule has 0 aliphatic rings. The molecule has 5 nitrogen and oxygen atoms in total. The Morgan fingerprint density at radius 2 is 1.96 bits per heavy atom. The van der Waals surface area contributed by atoms with Crippen molar-refractivity contribution >= 4 is 17.6 Å². The zero-order valence-electron chi connectivity index (χ0n) is 14.3. The predicted octanol–water partition coefficient (Wildman–Crippen LogP) is 3.04. The van der Waals surface area contributed by atoms with Gasteiger partial charge in [-0.15, -0.1) is 0 Å². The summed E-state index contributed by atoms with van der Waals surface area (Å²) in [5, 5.41) is 4.06. The highest BCUT2D eigenvalue weighted by Crippen LogP contribution is 2.15. The average molecular weight is 342 g/mol. The van der Waals surface area contributed by atoms with Crippen molar-refractivity contribution in [3.05, 3.63) is 29.3 Å². The number of likely N-dealkylation sites (N-methyl/N-ethyl adjacent to an activating group) is 1. The van der Waals surface area contributed by atoms with Crippen LogP contribution < -0.4 is 10.1 Å². The van der Waals surface area contributed by atoms with Crippen LogP contribution in [0.5, 0.6) is 5.75 Å². The molecule has 0 atom stereocenters. The number of benzene rings is 1. The van der Waals surface area contributed by atoms with Crippen molar-refractivity contribution in [2.24, 2.45) is 4.99 Å². The monoisotopic (exact) mass is 341 g/mol. The van der Waals surface area contributed by atoms with Gasteiger partial charge in [0.25, 0.3) is 0 Å². The van der Waals surface area contributed by atoms with E-state index in [1.807, 2.05) is 38.2 Å². The molecule has 0 amide bonds. The van der Waals surface area contributed by atoms with Crippen molar-refractivity contribution in [1.82, 2.24) is 10.2 Å². The maximum absolute atomic E-state index is 5.85. The molecule has 0 aliphatic carbocycles. The van der Waals surface area contributed by atoms with E-state index < -0.39 is 0 Å². The molecule has 0 saturated heterocycles. The van der Waals surface area contributed by atoms with Crippen molar-refractivity contribution in [1.29, 1.82) is 0 Å². The molecule has 0 heterocycles. The molecule has 0 unspecified atom stereocenters. The molecule has 0 spiro atoms. The Bertz CT molecular complexity index is 452. The highest BCUT2D eigenvalue weighted by atomic mass is 35.5. The van der Waals surface area contributed by atoms with Crippen molar-refractivity contribution in [3.63, 3.8) is 0 Å². The number of hydrogen-bond acceptors (Lipinski definition) is 3. The summed E-state index contributed by atoms with van der Waals surface area (Å²) >= 11 is 5.85. The van der Waals surface area contributed by atoms with Crippen LogP contribution in [0.3, 0.4) is 0 Å². The molecule has 6 heteroatoms. The molecule has 1 rings (SSSR count). The number of nitrogens with zero attached hydrogens (tertiary/aromatic N) is 2. The Balaban J connectivity index is 2.20. The number of ether oxygens (including phenoxy) is 2. The van der Waals surface area contributed by atoms with Crippen molar-refractivity contribution < 1.29 is 9.47 Å². The highest BCUT2D eigenvalue weighted by Gasteiger charge is 2.05. The van der Waals surface area contributed by atoms with E-state index in [1.54, 1.807) is 7.05 Å². The minimum absolute atomic E-state index is 0.586. The molecule has 130 valence electrons. The smallest absolute Gasteiger partial charge is 0.193 e. The van der Waals surface area contributed by atoms with E-state index in [4.69, 9.17) is 21.1 Å². The second-order valence-corrected chi connectivity index (χ2v) is 5.54. The number of rotatable bonds is 10. The Labute approximate surface area is 144 Å². The quantitative estimate of drug-likeness (QED) is 0.403. The minimum Gasteiger partial charge on any atom is -0.492 e. The molecule has 1 aromatic rings. The van der Waals surface area contributed by atoms with Crippen molar-refractivity contribution in [2.75, 3.05) is 47.0 Å². The standard InChI is InChI=1S/C17H28ClN3O2/c1-4-22-13-6-5-11-20-17(19-2)21(3)12-14-23-16-9-7-15(18)8-10-16/h7-10H,4-6,11-14H2,1-3H3,(H,19,20). The molecular formula is C17H28ClN3O2. The maximum atomic E-state index is 5.85. The van der Waals surface area contributed by atoms with Gasteiger partial charge in [-0.25, -0.2) is 0 Å². The normalized spacial score (nSPS) is 11.4. The third kappa shape index (κ3) is 8.67. The van der Waals surface area contributed by atoms with E-state index in [-0.39, 0.29) is 0 Å². The van der Waals surface area contributed by atoms with Gasteiger partial charge in [-0.1, -0.05) is 11.6 Å². The Morgan fingerprint density at radius 1 is 1.22 bits per heavy atom. The van der Waals surface area contributed by atoms with Crippen LogP contribution in [0.15, 0.2) is 29.3 Å². The lowest BCUT2D eigenvalue weighted by molar-refractivity contribution is 0.143. The zero-order chi connectivity index (χ0) is 16.9. The van der Waals surface area contributed by atoms with Gasteiger partial charge in [-0.05, 0) is 44.0 Å². The first kappa shape index (κ1) is 19.6.